The van der Waals surface area contributed by atoms with Crippen LogP contribution in [0.2, 0.25) is 0 Å². The van der Waals surface area contributed by atoms with E-state index in [9.17, 15) is 9.59 Å². The van der Waals surface area contributed by atoms with Crippen LogP contribution in [0.15, 0.2) is 24.3 Å². The number of ether oxygens (including phenoxy) is 1. The van der Waals surface area contributed by atoms with E-state index in [1.165, 1.54) is 26.4 Å². The highest BCUT2D eigenvalue weighted by molar-refractivity contribution is 5.93. The molecule has 1 fully saturated rings. The van der Waals surface area contributed by atoms with E-state index in [0.29, 0.717) is 17.3 Å². The van der Waals surface area contributed by atoms with Crippen LogP contribution < -0.4 is 16.0 Å². The quantitative estimate of drug-likeness (QED) is 0.780. The zero-order valence-corrected chi connectivity index (χ0v) is 13.7. The Morgan fingerprint density at radius 3 is 2.30 bits per heavy atom. The molecule has 3 N–H and O–H groups in total. The number of nitrogens with one attached hydrogen (secondary N) is 3. The van der Waals surface area contributed by atoms with Crippen LogP contribution in [0.25, 0.3) is 0 Å². The number of amides is 3. The molecule has 2 atom stereocenters. The van der Waals surface area contributed by atoms with Gasteiger partial charge in [0.1, 0.15) is 6.61 Å². The third-order valence-electron chi connectivity index (χ3n) is 4.13. The van der Waals surface area contributed by atoms with Crippen molar-refractivity contribution in [1.29, 1.82) is 0 Å². The van der Waals surface area contributed by atoms with Crippen molar-refractivity contribution in [2.45, 2.75) is 38.6 Å². The smallest absolute Gasteiger partial charge is 0.319 e. The van der Waals surface area contributed by atoms with E-state index in [4.69, 9.17) is 4.74 Å². The maximum Gasteiger partial charge on any atom is 0.319 e. The fraction of sp³-hybridized carbons (Fsp3) is 0.529. The Kier molecular flexibility index (Phi) is 6.40. The maximum absolute atomic E-state index is 12.1. The molecular formula is C17H25N3O3. The Balaban J connectivity index is 1.82. The summed E-state index contributed by atoms with van der Waals surface area (Å²) in [4.78, 5) is 23.5. The van der Waals surface area contributed by atoms with Crippen LogP contribution in [0.3, 0.4) is 0 Å². The van der Waals surface area contributed by atoms with Crippen molar-refractivity contribution < 1.29 is 14.3 Å². The first-order valence-electron chi connectivity index (χ1n) is 8.05. The average Bonchev–Trinajstić information content (AvgIpc) is 2.52. The summed E-state index contributed by atoms with van der Waals surface area (Å²) in [6.07, 6.45) is 4.63. The molecule has 0 spiro atoms. The molecule has 3 amide bonds. The van der Waals surface area contributed by atoms with Crippen molar-refractivity contribution in [2.75, 3.05) is 24.4 Å². The molecule has 0 heterocycles. The van der Waals surface area contributed by atoms with Gasteiger partial charge in [0.05, 0.1) is 0 Å². The summed E-state index contributed by atoms with van der Waals surface area (Å²) in [5.74, 6) is 0.310. The highest BCUT2D eigenvalue weighted by Gasteiger charge is 2.22. The average molecular weight is 319 g/mol. The normalized spacial score (nSPS) is 20.6. The van der Waals surface area contributed by atoms with Gasteiger partial charge in [-0.05, 0) is 43.0 Å². The minimum absolute atomic E-state index is 0.0159. The third-order valence-corrected chi connectivity index (χ3v) is 4.13. The van der Waals surface area contributed by atoms with Crippen molar-refractivity contribution in [3.63, 3.8) is 0 Å². The fourth-order valence-corrected chi connectivity index (χ4v) is 2.83. The second kappa shape index (κ2) is 8.53. The molecule has 0 aromatic heterocycles. The second-order valence-corrected chi connectivity index (χ2v) is 6.03. The molecule has 0 aliphatic heterocycles. The summed E-state index contributed by atoms with van der Waals surface area (Å²) in [5.41, 5.74) is 1.36. The number of urea groups is 1. The molecule has 0 saturated heterocycles. The van der Waals surface area contributed by atoms with Gasteiger partial charge in [0, 0.05) is 24.5 Å². The van der Waals surface area contributed by atoms with Crippen LogP contribution in [0.5, 0.6) is 0 Å². The van der Waals surface area contributed by atoms with Crippen LogP contribution in [0.1, 0.15) is 32.6 Å². The summed E-state index contributed by atoms with van der Waals surface area (Å²) in [6, 6.07) is 7.06. The summed E-state index contributed by atoms with van der Waals surface area (Å²) >= 11 is 0. The SMILES string of the molecule is COCC(=O)Nc1ccc(NC(=O)N[C@H]2CCCC[C@@H]2C)cc1. The minimum atomic E-state index is -0.211. The van der Waals surface area contributed by atoms with Crippen LogP contribution in [0, 0.1) is 5.92 Å². The van der Waals surface area contributed by atoms with Gasteiger partial charge in [0.2, 0.25) is 5.91 Å². The number of hydrogen-bond donors (Lipinski definition) is 3. The van der Waals surface area contributed by atoms with E-state index in [1.54, 1.807) is 24.3 Å². The number of benzene rings is 1. The first-order valence-corrected chi connectivity index (χ1v) is 8.05. The lowest BCUT2D eigenvalue weighted by molar-refractivity contribution is -0.119. The van der Waals surface area contributed by atoms with Crippen LogP contribution in [-0.2, 0) is 9.53 Å². The lowest BCUT2D eigenvalue weighted by Gasteiger charge is -2.29. The summed E-state index contributed by atoms with van der Waals surface area (Å²) < 4.78 is 4.76. The van der Waals surface area contributed by atoms with Gasteiger partial charge in [-0.2, -0.15) is 0 Å². The monoisotopic (exact) mass is 319 g/mol. The van der Waals surface area contributed by atoms with Gasteiger partial charge in [-0.1, -0.05) is 19.8 Å². The highest BCUT2D eigenvalue weighted by Crippen LogP contribution is 2.23. The molecule has 1 aromatic carbocycles. The van der Waals surface area contributed by atoms with Crippen molar-refractivity contribution in [3.05, 3.63) is 24.3 Å². The van der Waals surface area contributed by atoms with Crippen LogP contribution >= 0.6 is 0 Å². The molecular weight excluding hydrogens is 294 g/mol. The highest BCUT2D eigenvalue weighted by atomic mass is 16.5. The van der Waals surface area contributed by atoms with Gasteiger partial charge in [-0.3, -0.25) is 4.79 Å². The Morgan fingerprint density at radius 2 is 1.70 bits per heavy atom. The van der Waals surface area contributed by atoms with E-state index in [1.807, 2.05) is 0 Å². The molecule has 1 aromatic rings. The molecule has 6 heteroatoms. The Hall–Kier alpha value is -2.08. The molecule has 1 saturated carbocycles. The molecule has 23 heavy (non-hydrogen) atoms. The Morgan fingerprint density at radius 1 is 1.09 bits per heavy atom. The van der Waals surface area contributed by atoms with Crippen molar-refractivity contribution in [3.8, 4) is 0 Å². The van der Waals surface area contributed by atoms with Crippen molar-refractivity contribution in [1.82, 2.24) is 5.32 Å². The van der Waals surface area contributed by atoms with Crippen LogP contribution in [-0.4, -0.2) is 31.7 Å². The zero-order chi connectivity index (χ0) is 16.7. The lowest BCUT2D eigenvalue weighted by atomic mass is 9.86. The van der Waals surface area contributed by atoms with Gasteiger partial charge >= 0.3 is 6.03 Å². The third kappa shape index (κ3) is 5.56. The number of methoxy groups -OCH3 is 1. The van der Waals surface area contributed by atoms with E-state index in [0.717, 1.165) is 6.42 Å². The molecule has 0 bridgehead atoms. The lowest BCUT2D eigenvalue weighted by Crippen LogP contribution is -2.43. The van der Waals surface area contributed by atoms with E-state index in [-0.39, 0.29) is 24.6 Å². The van der Waals surface area contributed by atoms with E-state index in [2.05, 4.69) is 22.9 Å². The maximum atomic E-state index is 12.1. The molecule has 0 unspecified atom stereocenters. The van der Waals surface area contributed by atoms with Crippen LogP contribution in [0.4, 0.5) is 16.2 Å². The predicted molar refractivity (Wildman–Crippen MR) is 90.5 cm³/mol. The summed E-state index contributed by atoms with van der Waals surface area (Å²) in [6.45, 7) is 2.20. The number of carbonyl (C=O) groups is 2. The van der Waals surface area contributed by atoms with Gasteiger partial charge in [0.25, 0.3) is 0 Å². The zero-order valence-electron chi connectivity index (χ0n) is 13.7. The molecule has 1 aliphatic rings. The first-order chi connectivity index (χ1) is 11.1. The Labute approximate surface area is 137 Å². The molecule has 6 nitrogen and oxygen atoms in total. The number of rotatable bonds is 5. The van der Waals surface area contributed by atoms with Gasteiger partial charge in [-0.25, -0.2) is 4.79 Å². The molecule has 126 valence electrons. The standard InChI is InChI=1S/C17H25N3O3/c1-12-5-3-4-6-15(12)20-17(22)19-14-9-7-13(8-10-14)18-16(21)11-23-2/h7-10,12,15H,3-6,11H2,1-2H3,(H,18,21)(H2,19,20,22)/t12-,15-/m0/s1. The number of carbonyl (C=O) groups excluding carboxylic acids is 2. The Bertz CT molecular complexity index is 530. The summed E-state index contributed by atoms with van der Waals surface area (Å²) in [7, 11) is 1.47. The number of anilines is 2. The van der Waals surface area contributed by atoms with E-state index >= 15 is 0 Å². The molecule has 2 rings (SSSR count). The molecule has 1 aliphatic carbocycles. The minimum Gasteiger partial charge on any atom is -0.375 e. The number of hydrogen-bond acceptors (Lipinski definition) is 3. The van der Waals surface area contributed by atoms with Gasteiger partial charge in [-0.15, -0.1) is 0 Å². The molecule has 0 radical (unpaired) electrons. The fourth-order valence-electron chi connectivity index (χ4n) is 2.83. The topological polar surface area (TPSA) is 79.5 Å². The largest absolute Gasteiger partial charge is 0.375 e. The predicted octanol–water partition coefficient (Wildman–Crippen LogP) is 2.97. The first kappa shape index (κ1) is 17.3. The van der Waals surface area contributed by atoms with Crippen molar-refractivity contribution >= 4 is 23.3 Å². The van der Waals surface area contributed by atoms with E-state index < -0.39 is 0 Å². The summed E-state index contributed by atoms with van der Waals surface area (Å²) in [5, 5.41) is 8.57. The van der Waals surface area contributed by atoms with Gasteiger partial charge in [0.15, 0.2) is 0 Å². The second-order valence-electron chi connectivity index (χ2n) is 6.03. The van der Waals surface area contributed by atoms with Crippen molar-refractivity contribution in [2.24, 2.45) is 5.92 Å². The van der Waals surface area contributed by atoms with Gasteiger partial charge < -0.3 is 20.7 Å².